The number of amidine groups is 1. The van der Waals surface area contributed by atoms with Crippen LogP contribution in [0.1, 0.15) is 300 Å². The van der Waals surface area contributed by atoms with Crippen LogP contribution in [0.3, 0.4) is 0 Å². The van der Waals surface area contributed by atoms with Crippen LogP contribution in [0.25, 0.3) is 23.4 Å². The summed E-state index contributed by atoms with van der Waals surface area (Å²) in [6.45, 7) is 42.6. The van der Waals surface area contributed by atoms with Gasteiger partial charge in [0, 0.05) is 35.6 Å². The van der Waals surface area contributed by atoms with Crippen molar-refractivity contribution in [2.75, 3.05) is 13.1 Å². The topological polar surface area (TPSA) is 71.1 Å². The summed E-state index contributed by atoms with van der Waals surface area (Å²) in [4.78, 5) is 21.3. The first kappa shape index (κ1) is 85.2. The second-order valence-electron chi connectivity index (χ2n) is 25.1. The summed E-state index contributed by atoms with van der Waals surface area (Å²) < 4.78 is 0. The fourth-order valence-corrected chi connectivity index (χ4v) is 11.7. The molecule has 2 N–H and O–H groups in total. The number of hydrogen-bond donors (Lipinski definition) is 1. The van der Waals surface area contributed by atoms with Gasteiger partial charge in [0.1, 0.15) is 5.94 Å². The molecule has 516 valence electrons. The normalized spacial score (nSPS) is 13.1. The predicted octanol–water partition coefficient (Wildman–Crippen LogP) is 26.7. The molecule has 4 aromatic carbocycles. The van der Waals surface area contributed by atoms with Crippen molar-refractivity contribution in [1.82, 2.24) is 4.90 Å². The van der Waals surface area contributed by atoms with E-state index >= 15 is 0 Å². The Bertz CT molecular complexity index is 2870. The molecule has 0 amide bonds. The van der Waals surface area contributed by atoms with Gasteiger partial charge in [-0.05, 0) is 121 Å². The van der Waals surface area contributed by atoms with Crippen molar-refractivity contribution < 1.29 is 4.79 Å². The Labute approximate surface area is 578 Å². The average molecular weight is 1280 g/mol. The quantitative estimate of drug-likeness (QED) is 0.0210. The summed E-state index contributed by atoms with van der Waals surface area (Å²) in [7, 11) is 0. The number of aliphatic imine (C=N–C) groups is 2. The lowest BCUT2D eigenvalue weighted by Gasteiger charge is -2.18. The van der Waals surface area contributed by atoms with E-state index in [1.165, 1.54) is 232 Å². The van der Waals surface area contributed by atoms with Crippen LogP contribution in [0, 0.1) is 18.8 Å². The molecule has 6 rings (SSSR count). The van der Waals surface area contributed by atoms with Crippen molar-refractivity contribution in [3.8, 4) is 0 Å². The Morgan fingerprint density at radius 3 is 1.70 bits per heavy atom. The monoisotopic (exact) mass is 1280 g/mol. The van der Waals surface area contributed by atoms with Crippen molar-refractivity contribution in [2.45, 2.75) is 269 Å². The number of rotatable bonds is 38. The molecule has 1 heterocycles. The van der Waals surface area contributed by atoms with Crippen molar-refractivity contribution in [1.29, 1.82) is 0 Å². The maximum absolute atomic E-state index is 8.87. The van der Waals surface area contributed by atoms with E-state index in [9.17, 15) is 0 Å². The van der Waals surface area contributed by atoms with E-state index in [2.05, 4.69) is 202 Å². The molecule has 2 unspecified atom stereocenters. The molecule has 0 fully saturated rings. The van der Waals surface area contributed by atoms with Crippen molar-refractivity contribution in [2.24, 2.45) is 27.6 Å². The molecule has 2 aliphatic rings. The molecule has 0 saturated heterocycles. The average Bonchev–Trinajstić information content (AvgIpc) is 1.20. The van der Waals surface area contributed by atoms with Crippen molar-refractivity contribution >= 4 is 40.9 Å². The molecule has 5 nitrogen and oxygen atoms in total. The molecule has 1 aliphatic heterocycles. The van der Waals surface area contributed by atoms with Crippen LogP contribution in [-0.4, -0.2) is 35.5 Å². The number of nitrogens with two attached hydrogens (primary N) is 1. The first-order chi connectivity index (χ1) is 45.9. The minimum absolute atomic E-state index is 0.669. The predicted molar refractivity (Wildman–Crippen MR) is 424 cm³/mol. The zero-order valence-electron chi connectivity index (χ0n) is 61.9. The van der Waals surface area contributed by atoms with Crippen LogP contribution in [0.5, 0.6) is 0 Å². The smallest absolute Gasteiger partial charge is 0.160 e. The van der Waals surface area contributed by atoms with E-state index < -0.39 is 0 Å². The second-order valence-corrected chi connectivity index (χ2v) is 25.1. The van der Waals surface area contributed by atoms with Gasteiger partial charge in [0.2, 0.25) is 0 Å². The highest BCUT2D eigenvalue weighted by molar-refractivity contribution is 6.13. The minimum Gasteiger partial charge on any atom is -0.396 e. The van der Waals surface area contributed by atoms with Gasteiger partial charge in [-0.15, -0.1) is 0 Å². The summed E-state index contributed by atoms with van der Waals surface area (Å²) >= 11 is 0. The minimum atomic E-state index is 0.669. The van der Waals surface area contributed by atoms with E-state index in [4.69, 9.17) is 14.8 Å². The third-order valence-corrected chi connectivity index (χ3v) is 17.7. The first-order valence-corrected chi connectivity index (χ1v) is 37.4. The highest BCUT2D eigenvalue weighted by Crippen LogP contribution is 2.29. The summed E-state index contributed by atoms with van der Waals surface area (Å²) in [5.74, 6) is 3.82. The fourth-order valence-electron chi connectivity index (χ4n) is 11.7. The molecule has 0 spiro atoms. The molecule has 1 aliphatic carbocycles. The van der Waals surface area contributed by atoms with E-state index in [0.29, 0.717) is 11.5 Å². The van der Waals surface area contributed by atoms with Gasteiger partial charge in [-0.3, -0.25) is 0 Å². The number of nitrogens with zero attached hydrogens (tertiary/aromatic N) is 3. The fraction of sp³-hybridized carbons (Fsp3) is 0.506. The summed E-state index contributed by atoms with van der Waals surface area (Å²) in [6.07, 6.45) is 58.7. The Morgan fingerprint density at radius 2 is 1.18 bits per heavy atom. The van der Waals surface area contributed by atoms with E-state index in [0.717, 1.165) is 64.5 Å². The lowest BCUT2D eigenvalue weighted by Crippen LogP contribution is -2.18. The van der Waals surface area contributed by atoms with Crippen LogP contribution >= 0.6 is 0 Å². The molecular formula is C89H134N4O. The molecule has 0 saturated carbocycles. The number of allylic oxidation sites excluding steroid dienone is 7. The molecule has 2 atom stereocenters. The molecule has 5 heteroatoms. The maximum atomic E-state index is 8.87. The Hall–Kier alpha value is -6.81. The van der Waals surface area contributed by atoms with Gasteiger partial charge in [0.15, 0.2) is 5.84 Å². The number of carbonyl (C=O) groups excluding carboxylic acids is 1. The van der Waals surface area contributed by atoms with E-state index in [1.54, 1.807) is 0 Å². The van der Waals surface area contributed by atoms with Gasteiger partial charge >= 0.3 is 0 Å². The summed E-state index contributed by atoms with van der Waals surface area (Å²) in [5, 5.41) is 0. The van der Waals surface area contributed by atoms with Crippen molar-refractivity contribution in [3.05, 3.63) is 222 Å². The molecule has 0 radical (unpaired) electrons. The van der Waals surface area contributed by atoms with Crippen LogP contribution in [-0.2, 0) is 11.2 Å². The molecule has 0 aromatic heterocycles. The lowest BCUT2D eigenvalue weighted by molar-refractivity contribution is 0.389. The van der Waals surface area contributed by atoms with Gasteiger partial charge in [-0.1, -0.05) is 376 Å². The maximum Gasteiger partial charge on any atom is 0.160 e. The Morgan fingerprint density at radius 1 is 0.606 bits per heavy atom. The van der Waals surface area contributed by atoms with Crippen LogP contribution in [0.15, 0.2) is 187 Å². The highest BCUT2D eigenvalue weighted by atomic mass is 16.1. The second kappa shape index (κ2) is 57.6. The number of aryl methyl sites for hydroxylation is 2. The Kier molecular flexibility index (Phi) is 52.2. The van der Waals surface area contributed by atoms with Gasteiger partial charge in [0.05, 0.1) is 11.9 Å². The van der Waals surface area contributed by atoms with Gasteiger partial charge < -0.3 is 10.6 Å². The largest absolute Gasteiger partial charge is 0.396 e. The standard InChI is InChI=1S/C37H44N2.C24H34.C14H25N.C10H22.C2H3NO.C2H6/c1-8-12-15-30(9-2)18-19-32-22-25-35(27(5)26-32)37(38-28(6)34-23-20-31(10-3)21-24-34)39-29(7)36-17-14-13-16-33(36)11-4;1-2-3-4-5-6-7-8-9-16-21-24(22-17-12-10-13-18-22)23-19-14-11-15-20-23;1-3-4-5-6-7-8-9-12-15-13-10-11-14(15)2;1-4-7-9-10(6-3)8-5-2;3-1-2-4;1-2/h10-11,13-14,16-17,20-26,30H,3-4,7-9,12,15,18-19H2,1-2,5-6H3;10,12-14,17-21H,2-9,11,15-16H2,1H3;10-11H,2-9,12-13H2,1H3;10H,4-9H2,1-3H3;1H,3H2;1-2H3/b;24-21+;;;;. The number of unbranched alkanes of at least 4 members (excludes halogenated alkanes) is 16. The molecular weight excluding hydrogens is 1140 g/mol. The van der Waals surface area contributed by atoms with Gasteiger partial charge in [0.25, 0.3) is 0 Å². The zero-order valence-corrected chi connectivity index (χ0v) is 61.9. The zero-order chi connectivity index (χ0) is 69.2. The summed E-state index contributed by atoms with van der Waals surface area (Å²) in [6, 6.07) is 33.9. The number of hydrogen-bond acceptors (Lipinski definition) is 4. The number of benzene rings is 4. The SMILES string of the molecule is C=C1C=CCN1CCCCCCCCC.C=Cc1ccc(C(C)=NC(=NC(=C)c2ccccc2C=C)c2ccc(CCC(CC)CCCC)cc2C)cc1.CC.CCCCC(CC)CCC.CCCCCCCCCC/C=C(/C1=CCCC=C1)c1ccccc1.NC=C=O. The van der Waals surface area contributed by atoms with Gasteiger partial charge in [-0.2, -0.15) is 0 Å². The van der Waals surface area contributed by atoms with Crippen LogP contribution in [0.2, 0.25) is 0 Å². The molecule has 94 heavy (non-hydrogen) atoms. The Balaban J connectivity index is 0.000000679. The first-order valence-electron chi connectivity index (χ1n) is 37.4. The third kappa shape index (κ3) is 37.9. The van der Waals surface area contributed by atoms with Crippen LogP contribution in [0.4, 0.5) is 0 Å². The lowest BCUT2D eigenvalue weighted by atomic mass is 9.91. The summed E-state index contributed by atoms with van der Waals surface area (Å²) in [5.41, 5.74) is 19.1. The highest BCUT2D eigenvalue weighted by Gasteiger charge is 2.14. The van der Waals surface area contributed by atoms with Crippen molar-refractivity contribution in [3.63, 3.8) is 0 Å². The molecule has 0 bridgehead atoms. The van der Waals surface area contributed by atoms with E-state index in [1.807, 2.05) is 57.2 Å². The van der Waals surface area contributed by atoms with Gasteiger partial charge in [-0.25, -0.2) is 14.8 Å². The third-order valence-electron chi connectivity index (χ3n) is 17.7. The van der Waals surface area contributed by atoms with E-state index in [-0.39, 0.29) is 0 Å². The molecule has 4 aromatic rings. The van der Waals surface area contributed by atoms with Crippen LogP contribution < -0.4 is 5.73 Å².